The first-order valence-electron chi connectivity index (χ1n) is 8.81. The molecule has 2 amide bonds. The molecule has 136 valence electrons. The molecule has 1 fully saturated rings. The van der Waals surface area contributed by atoms with E-state index in [0.717, 1.165) is 16.2 Å². The third kappa shape index (κ3) is 3.20. The minimum absolute atomic E-state index is 0.107. The number of urea groups is 1. The van der Waals surface area contributed by atoms with Gasteiger partial charge in [-0.05, 0) is 25.3 Å². The second kappa shape index (κ2) is 6.74. The summed E-state index contributed by atoms with van der Waals surface area (Å²) in [4.78, 5) is 19.8. The Morgan fingerprint density at radius 3 is 2.73 bits per heavy atom. The summed E-state index contributed by atoms with van der Waals surface area (Å²) in [5, 5.41) is 15.9. The fourth-order valence-corrected chi connectivity index (χ4v) is 4.13. The molecule has 0 aliphatic carbocycles. The number of hydrogen-bond donors (Lipinski definition) is 2. The van der Waals surface area contributed by atoms with Gasteiger partial charge in [-0.3, -0.25) is 4.40 Å². The van der Waals surface area contributed by atoms with E-state index in [2.05, 4.69) is 10.3 Å². The molecular formula is C19H22N4O2S. The molecule has 26 heavy (non-hydrogen) atoms. The number of imidazole rings is 1. The number of piperidine rings is 1. The molecule has 0 unspecified atom stereocenters. The third-order valence-electron chi connectivity index (χ3n) is 5.08. The minimum atomic E-state index is -0.849. The number of likely N-dealkylation sites (tertiary alicyclic amines) is 1. The van der Waals surface area contributed by atoms with Crippen LogP contribution in [0.3, 0.4) is 0 Å². The van der Waals surface area contributed by atoms with Crippen molar-refractivity contribution in [2.24, 2.45) is 0 Å². The lowest BCUT2D eigenvalue weighted by atomic mass is 9.84. The van der Waals surface area contributed by atoms with Crippen LogP contribution >= 0.6 is 11.3 Å². The van der Waals surface area contributed by atoms with Crippen molar-refractivity contribution in [1.29, 1.82) is 0 Å². The van der Waals surface area contributed by atoms with Gasteiger partial charge in [-0.2, -0.15) is 0 Å². The molecule has 0 bridgehead atoms. The number of aliphatic hydroxyl groups is 1. The number of nitrogens with zero attached hydrogens (tertiary/aromatic N) is 3. The van der Waals surface area contributed by atoms with Crippen molar-refractivity contribution in [3.8, 4) is 0 Å². The van der Waals surface area contributed by atoms with Crippen LogP contribution in [0.1, 0.15) is 37.1 Å². The van der Waals surface area contributed by atoms with Crippen LogP contribution in [0, 0.1) is 0 Å². The Balaban J connectivity index is 1.37. The first-order valence-corrected chi connectivity index (χ1v) is 9.68. The number of amides is 2. The molecule has 3 aromatic rings. The van der Waals surface area contributed by atoms with Crippen LogP contribution in [0.2, 0.25) is 0 Å². The van der Waals surface area contributed by atoms with E-state index in [0.29, 0.717) is 25.9 Å². The molecule has 0 spiro atoms. The number of hydrogen-bond acceptors (Lipinski definition) is 4. The number of fused-ring (bicyclic) bond motifs is 1. The van der Waals surface area contributed by atoms with E-state index in [4.69, 9.17) is 0 Å². The van der Waals surface area contributed by atoms with Crippen LogP contribution in [-0.4, -0.2) is 38.5 Å². The van der Waals surface area contributed by atoms with Crippen molar-refractivity contribution in [3.05, 3.63) is 59.4 Å². The van der Waals surface area contributed by atoms with Gasteiger partial charge in [0.15, 0.2) is 4.96 Å². The molecule has 2 N–H and O–H groups in total. The van der Waals surface area contributed by atoms with Crippen LogP contribution < -0.4 is 5.32 Å². The average Bonchev–Trinajstić information content (AvgIpc) is 3.25. The lowest BCUT2D eigenvalue weighted by Gasteiger charge is -2.38. The van der Waals surface area contributed by atoms with E-state index in [9.17, 15) is 9.90 Å². The van der Waals surface area contributed by atoms with E-state index >= 15 is 0 Å². The van der Waals surface area contributed by atoms with Crippen LogP contribution in [0.5, 0.6) is 0 Å². The number of carbonyl (C=O) groups excluding carboxylic acids is 1. The second-order valence-corrected chi connectivity index (χ2v) is 7.69. The highest BCUT2D eigenvalue weighted by Crippen LogP contribution is 2.32. The van der Waals surface area contributed by atoms with Crippen molar-refractivity contribution in [2.75, 3.05) is 13.1 Å². The quantitative estimate of drug-likeness (QED) is 0.744. The molecule has 1 aliphatic heterocycles. The van der Waals surface area contributed by atoms with E-state index in [1.807, 2.05) is 59.4 Å². The Morgan fingerprint density at radius 1 is 1.31 bits per heavy atom. The fraction of sp³-hybridized carbons (Fsp3) is 0.368. The summed E-state index contributed by atoms with van der Waals surface area (Å²) in [6.07, 6.45) is 4.99. The van der Waals surface area contributed by atoms with E-state index < -0.39 is 5.60 Å². The summed E-state index contributed by atoms with van der Waals surface area (Å²) in [6.45, 7) is 3.00. The van der Waals surface area contributed by atoms with E-state index in [1.54, 1.807) is 16.2 Å². The minimum Gasteiger partial charge on any atom is -0.385 e. The molecule has 7 heteroatoms. The molecule has 0 saturated carbocycles. The highest BCUT2D eigenvalue weighted by molar-refractivity contribution is 7.15. The molecule has 6 nitrogen and oxygen atoms in total. The molecule has 4 rings (SSSR count). The van der Waals surface area contributed by atoms with Gasteiger partial charge in [0, 0.05) is 30.9 Å². The maximum Gasteiger partial charge on any atom is 0.317 e. The Bertz CT molecular complexity index is 868. The summed E-state index contributed by atoms with van der Waals surface area (Å²) in [7, 11) is 0. The summed E-state index contributed by atoms with van der Waals surface area (Å²) in [5.41, 5.74) is 0.923. The van der Waals surface area contributed by atoms with Crippen LogP contribution in [0.4, 0.5) is 4.79 Å². The maximum atomic E-state index is 12.6. The highest BCUT2D eigenvalue weighted by Gasteiger charge is 2.35. The summed E-state index contributed by atoms with van der Waals surface area (Å²) < 4.78 is 1.96. The predicted octanol–water partition coefficient (Wildman–Crippen LogP) is 3.15. The number of rotatable bonds is 3. The zero-order chi connectivity index (χ0) is 18.1. The molecule has 0 radical (unpaired) electrons. The summed E-state index contributed by atoms with van der Waals surface area (Å²) in [6, 6.07) is 9.43. The van der Waals surface area contributed by atoms with Gasteiger partial charge in [-0.15, -0.1) is 11.3 Å². The predicted molar refractivity (Wildman–Crippen MR) is 101 cm³/mol. The molecule has 3 heterocycles. The number of aromatic nitrogens is 2. The zero-order valence-corrected chi connectivity index (χ0v) is 15.4. The van der Waals surface area contributed by atoms with Gasteiger partial charge in [0.05, 0.1) is 17.3 Å². The molecular weight excluding hydrogens is 348 g/mol. The van der Waals surface area contributed by atoms with Crippen molar-refractivity contribution in [1.82, 2.24) is 19.6 Å². The molecule has 1 atom stereocenters. The summed E-state index contributed by atoms with van der Waals surface area (Å²) in [5.74, 6) is 0. The van der Waals surface area contributed by atoms with Crippen LogP contribution in [0.15, 0.2) is 48.1 Å². The van der Waals surface area contributed by atoms with Crippen molar-refractivity contribution < 1.29 is 9.90 Å². The monoisotopic (exact) mass is 370 g/mol. The first-order chi connectivity index (χ1) is 12.5. The lowest BCUT2D eigenvalue weighted by molar-refractivity contribution is -0.0169. The fourth-order valence-electron chi connectivity index (χ4n) is 3.42. The average molecular weight is 370 g/mol. The number of nitrogens with one attached hydrogen (secondary N) is 1. The van der Waals surface area contributed by atoms with Gasteiger partial charge < -0.3 is 15.3 Å². The molecule has 1 aromatic carbocycles. The van der Waals surface area contributed by atoms with Crippen LogP contribution in [0.25, 0.3) is 4.96 Å². The number of carbonyl (C=O) groups is 1. The largest absolute Gasteiger partial charge is 0.385 e. The number of thiazole rings is 1. The Kier molecular flexibility index (Phi) is 4.42. The van der Waals surface area contributed by atoms with Crippen molar-refractivity contribution >= 4 is 22.3 Å². The molecule has 1 saturated heterocycles. The topological polar surface area (TPSA) is 69.9 Å². The molecule has 1 aliphatic rings. The smallest absolute Gasteiger partial charge is 0.317 e. The standard InChI is InChI=1S/C19H22N4O2S/c1-14(16-13-23-11-12-26-18(23)21-16)20-17(24)22-9-7-19(25,8-10-22)15-5-3-2-4-6-15/h2-6,11-14,25H,7-10H2,1H3,(H,20,24)/t14-/m1/s1. The van der Waals surface area contributed by atoms with Gasteiger partial charge in [0.2, 0.25) is 0 Å². The van der Waals surface area contributed by atoms with Crippen molar-refractivity contribution in [3.63, 3.8) is 0 Å². The second-order valence-electron chi connectivity index (χ2n) is 6.81. The van der Waals surface area contributed by atoms with Gasteiger partial charge in [-0.25, -0.2) is 9.78 Å². The zero-order valence-electron chi connectivity index (χ0n) is 14.6. The Morgan fingerprint density at radius 2 is 2.04 bits per heavy atom. The molecule has 2 aromatic heterocycles. The highest BCUT2D eigenvalue weighted by atomic mass is 32.1. The van der Waals surface area contributed by atoms with Gasteiger partial charge in [0.1, 0.15) is 0 Å². The number of benzene rings is 1. The normalized spacial score (nSPS) is 18.0. The SMILES string of the molecule is C[C@@H](NC(=O)N1CCC(O)(c2ccccc2)CC1)c1cn2ccsc2n1. The Labute approximate surface area is 156 Å². The van der Waals surface area contributed by atoms with Crippen LogP contribution in [-0.2, 0) is 5.60 Å². The van der Waals surface area contributed by atoms with Crippen molar-refractivity contribution in [2.45, 2.75) is 31.4 Å². The van der Waals surface area contributed by atoms with Gasteiger partial charge in [-0.1, -0.05) is 30.3 Å². The van der Waals surface area contributed by atoms with Gasteiger partial charge in [0.25, 0.3) is 0 Å². The van der Waals surface area contributed by atoms with E-state index in [-0.39, 0.29) is 12.1 Å². The first kappa shape index (κ1) is 17.1. The lowest BCUT2D eigenvalue weighted by Crippen LogP contribution is -2.49. The van der Waals surface area contributed by atoms with E-state index in [1.165, 1.54) is 0 Å². The maximum absolute atomic E-state index is 12.6. The third-order valence-corrected chi connectivity index (χ3v) is 5.86. The van der Waals surface area contributed by atoms with Gasteiger partial charge >= 0.3 is 6.03 Å². The Hall–Kier alpha value is -2.38. The summed E-state index contributed by atoms with van der Waals surface area (Å²) >= 11 is 1.57.